The van der Waals surface area contributed by atoms with Crippen LogP contribution in [-0.2, 0) is 9.47 Å². The number of rotatable bonds is 5. The molecule has 27 heavy (non-hydrogen) atoms. The number of nitrogens with zero attached hydrogens (tertiary/aromatic N) is 1. The first-order valence-corrected chi connectivity index (χ1v) is 8.89. The van der Waals surface area contributed by atoms with Gasteiger partial charge in [-0.2, -0.15) is 0 Å². The average Bonchev–Trinajstić information content (AvgIpc) is 2.98. The van der Waals surface area contributed by atoms with E-state index in [1.807, 2.05) is 0 Å². The number of nitrogens with one attached hydrogen (secondary N) is 1. The monoisotopic (exact) mass is 382 g/mol. The number of carbonyl (C=O) groups is 2. The second-order valence-corrected chi connectivity index (χ2v) is 7.29. The highest BCUT2D eigenvalue weighted by Crippen LogP contribution is 2.24. The average molecular weight is 382 g/mol. The second kappa shape index (κ2) is 8.56. The van der Waals surface area contributed by atoms with E-state index in [9.17, 15) is 14.0 Å². The number of ether oxygens (including phenoxy) is 3. The van der Waals surface area contributed by atoms with Crippen LogP contribution in [0.25, 0.3) is 0 Å². The summed E-state index contributed by atoms with van der Waals surface area (Å²) >= 11 is 0. The Hall–Kier alpha value is -2.35. The van der Waals surface area contributed by atoms with E-state index in [-0.39, 0.29) is 31.0 Å². The van der Waals surface area contributed by atoms with E-state index in [2.05, 4.69) is 5.32 Å². The van der Waals surface area contributed by atoms with Crippen molar-refractivity contribution in [3.63, 3.8) is 0 Å². The first kappa shape index (κ1) is 21.0. The first-order valence-electron chi connectivity index (χ1n) is 8.89. The predicted octanol–water partition coefficient (Wildman–Crippen LogP) is 2.59. The van der Waals surface area contributed by atoms with Crippen molar-refractivity contribution in [2.24, 2.45) is 0 Å². The molecular formula is C19H27FN2O5. The second-order valence-electron chi connectivity index (χ2n) is 7.29. The molecule has 0 radical (unpaired) electrons. The summed E-state index contributed by atoms with van der Waals surface area (Å²) in [6.07, 6.45) is -0.868. The lowest BCUT2D eigenvalue weighted by Gasteiger charge is -2.24. The summed E-state index contributed by atoms with van der Waals surface area (Å²) in [4.78, 5) is 26.4. The zero-order valence-electron chi connectivity index (χ0n) is 16.4. The van der Waals surface area contributed by atoms with Gasteiger partial charge in [0, 0.05) is 13.7 Å². The largest absolute Gasteiger partial charge is 0.490 e. The quantitative estimate of drug-likeness (QED) is 0.847. The topological polar surface area (TPSA) is 77.1 Å². The highest BCUT2D eigenvalue weighted by molar-refractivity contribution is 5.97. The lowest BCUT2D eigenvalue weighted by molar-refractivity contribution is 0.0252. The molecule has 1 aromatic carbocycles. The standard InChI is InChI=1S/C19H27FN2O5/c1-6-26-16-12(8-7-9-13(16)20)17(23)21-14-10-22(11-15(14)25-5)18(24)27-19(2,3)4/h7-9,14-15H,6,10-11H2,1-5H3,(H,21,23)/t14-,15+/m1/s1. The van der Waals surface area contributed by atoms with Crippen LogP contribution in [0.1, 0.15) is 38.1 Å². The van der Waals surface area contributed by atoms with Gasteiger partial charge in [0.25, 0.3) is 5.91 Å². The lowest BCUT2D eigenvalue weighted by Crippen LogP contribution is -2.44. The molecule has 0 bridgehead atoms. The molecular weight excluding hydrogens is 355 g/mol. The molecule has 2 rings (SSSR count). The Balaban J connectivity index is 2.11. The Morgan fingerprint density at radius 2 is 2.00 bits per heavy atom. The molecule has 150 valence electrons. The Bertz CT molecular complexity index is 689. The van der Waals surface area contributed by atoms with Gasteiger partial charge in [0.15, 0.2) is 11.6 Å². The normalized spacial score (nSPS) is 19.7. The van der Waals surface area contributed by atoms with E-state index in [0.717, 1.165) is 0 Å². The Morgan fingerprint density at radius 1 is 1.30 bits per heavy atom. The van der Waals surface area contributed by atoms with Gasteiger partial charge in [0.05, 0.1) is 30.9 Å². The molecule has 2 atom stereocenters. The number of likely N-dealkylation sites (tertiary alicyclic amines) is 1. The molecule has 8 heteroatoms. The molecule has 1 aliphatic heterocycles. The van der Waals surface area contributed by atoms with Crippen LogP contribution in [0.2, 0.25) is 0 Å². The summed E-state index contributed by atoms with van der Waals surface area (Å²) in [5.41, 5.74) is -0.517. The lowest BCUT2D eigenvalue weighted by atomic mass is 10.1. The van der Waals surface area contributed by atoms with Crippen molar-refractivity contribution in [3.05, 3.63) is 29.6 Å². The van der Waals surface area contributed by atoms with Crippen molar-refractivity contribution in [1.82, 2.24) is 10.2 Å². The van der Waals surface area contributed by atoms with Crippen molar-refractivity contribution in [2.45, 2.75) is 45.4 Å². The summed E-state index contributed by atoms with van der Waals surface area (Å²) in [7, 11) is 1.51. The molecule has 1 fully saturated rings. The molecule has 0 aromatic heterocycles. The number of para-hydroxylation sites is 1. The van der Waals surface area contributed by atoms with Crippen LogP contribution in [-0.4, -0.2) is 61.5 Å². The third-order valence-electron chi connectivity index (χ3n) is 4.04. The molecule has 7 nitrogen and oxygen atoms in total. The fourth-order valence-electron chi connectivity index (χ4n) is 2.85. The Kier molecular flexibility index (Phi) is 6.64. The molecule has 1 N–H and O–H groups in total. The maximum absolute atomic E-state index is 14.0. The van der Waals surface area contributed by atoms with Gasteiger partial charge in [-0.25, -0.2) is 9.18 Å². The number of methoxy groups -OCH3 is 1. The fourth-order valence-corrected chi connectivity index (χ4v) is 2.85. The van der Waals surface area contributed by atoms with Crippen LogP contribution in [0.3, 0.4) is 0 Å². The van der Waals surface area contributed by atoms with Crippen LogP contribution in [0.15, 0.2) is 18.2 Å². The third-order valence-corrected chi connectivity index (χ3v) is 4.04. The minimum absolute atomic E-state index is 0.0894. The number of hydrogen-bond donors (Lipinski definition) is 1. The van der Waals surface area contributed by atoms with E-state index in [1.54, 1.807) is 27.7 Å². The molecule has 1 aliphatic rings. The summed E-state index contributed by atoms with van der Waals surface area (Å²) in [5, 5.41) is 2.81. The van der Waals surface area contributed by atoms with Crippen LogP contribution < -0.4 is 10.1 Å². The van der Waals surface area contributed by atoms with Crippen molar-refractivity contribution in [1.29, 1.82) is 0 Å². The minimum atomic E-state index is -0.616. The van der Waals surface area contributed by atoms with Gasteiger partial charge in [0.2, 0.25) is 0 Å². The van der Waals surface area contributed by atoms with E-state index in [1.165, 1.54) is 30.2 Å². The van der Waals surface area contributed by atoms with E-state index in [0.29, 0.717) is 0 Å². The summed E-state index contributed by atoms with van der Waals surface area (Å²) in [6.45, 7) is 7.83. The zero-order chi connectivity index (χ0) is 20.2. The highest BCUT2D eigenvalue weighted by Gasteiger charge is 2.38. The Morgan fingerprint density at radius 3 is 2.59 bits per heavy atom. The van der Waals surface area contributed by atoms with E-state index in [4.69, 9.17) is 14.2 Å². The summed E-state index contributed by atoms with van der Waals surface area (Å²) in [6, 6.07) is 3.72. The maximum Gasteiger partial charge on any atom is 0.410 e. The van der Waals surface area contributed by atoms with Crippen LogP contribution in [0.5, 0.6) is 5.75 Å². The molecule has 1 saturated heterocycles. The highest BCUT2D eigenvalue weighted by atomic mass is 19.1. The zero-order valence-corrected chi connectivity index (χ0v) is 16.4. The van der Waals surface area contributed by atoms with Gasteiger partial charge in [-0.3, -0.25) is 4.79 Å². The molecule has 1 heterocycles. The van der Waals surface area contributed by atoms with Crippen LogP contribution >= 0.6 is 0 Å². The van der Waals surface area contributed by atoms with Crippen molar-refractivity contribution >= 4 is 12.0 Å². The molecule has 2 amide bonds. The van der Waals surface area contributed by atoms with Gasteiger partial charge < -0.3 is 24.4 Å². The van der Waals surface area contributed by atoms with Crippen molar-refractivity contribution in [3.8, 4) is 5.75 Å². The molecule has 1 aromatic rings. The number of benzene rings is 1. The van der Waals surface area contributed by atoms with E-state index < -0.39 is 35.6 Å². The van der Waals surface area contributed by atoms with Gasteiger partial charge in [-0.1, -0.05) is 6.07 Å². The fraction of sp³-hybridized carbons (Fsp3) is 0.579. The smallest absolute Gasteiger partial charge is 0.410 e. The van der Waals surface area contributed by atoms with Crippen molar-refractivity contribution in [2.75, 3.05) is 26.8 Å². The molecule has 0 saturated carbocycles. The van der Waals surface area contributed by atoms with Crippen LogP contribution in [0.4, 0.5) is 9.18 Å². The summed E-state index contributed by atoms with van der Waals surface area (Å²) in [5.74, 6) is -1.18. The first-order chi connectivity index (χ1) is 12.7. The van der Waals surface area contributed by atoms with Crippen LogP contribution in [0, 0.1) is 5.82 Å². The number of amides is 2. The molecule has 0 spiro atoms. The van der Waals surface area contributed by atoms with Gasteiger partial charge in [-0.05, 0) is 39.8 Å². The van der Waals surface area contributed by atoms with Crippen molar-refractivity contribution < 1.29 is 28.2 Å². The SMILES string of the molecule is CCOc1c(F)cccc1C(=O)N[C@@H]1CN(C(=O)OC(C)(C)C)C[C@@H]1OC. The third kappa shape index (κ3) is 5.32. The maximum atomic E-state index is 14.0. The molecule has 0 unspecified atom stereocenters. The minimum Gasteiger partial charge on any atom is -0.490 e. The van der Waals surface area contributed by atoms with E-state index >= 15 is 0 Å². The summed E-state index contributed by atoms with van der Waals surface area (Å²) < 4.78 is 30.0. The Labute approximate surface area is 158 Å². The predicted molar refractivity (Wildman–Crippen MR) is 97.4 cm³/mol. The van der Waals surface area contributed by atoms with Gasteiger partial charge in [0.1, 0.15) is 5.60 Å². The van der Waals surface area contributed by atoms with Gasteiger partial charge >= 0.3 is 6.09 Å². The number of hydrogen-bond acceptors (Lipinski definition) is 5. The van der Waals surface area contributed by atoms with Gasteiger partial charge in [-0.15, -0.1) is 0 Å². The molecule has 0 aliphatic carbocycles. The number of carbonyl (C=O) groups excluding carboxylic acids is 2. The number of halogens is 1.